The Morgan fingerprint density at radius 1 is 1.06 bits per heavy atom. The molecule has 18 heavy (non-hydrogen) atoms. The fourth-order valence-corrected chi connectivity index (χ4v) is 3.83. The van der Waals surface area contributed by atoms with Crippen LogP contribution in [0.15, 0.2) is 0 Å². The third-order valence-electron chi connectivity index (χ3n) is 5.09. The molecular formula is C16H32N2. The second-order valence-corrected chi connectivity index (χ2v) is 6.67. The largest absolute Gasteiger partial charge is 0.318 e. The van der Waals surface area contributed by atoms with Gasteiger partial charge in [0.2, 0.25) is 0 Å². The monoisotopic (exact) mass is 252 g/mol. The number of likely N-dealkylation sites (N-methyl/N-ethyl adjacent to an activating group) is 1. The fourth-order valence-electron chi connectivity index (χ4n) is 3.83. The molecule has 2 fully saturated rings. The lowest BCUT2D eigenvalue weighted by molar-refractivity contribution is 0.126. The number of piperidine rings is 1. The second-order valence-electron chi connectivity index (χ2n) is 6.67. The van der Waals surface area contributed by atoms with E-state index in [1.807, 2.05) is 0 Å². The minimum atomic E-state index is 0.800. The summed E-state index contributed by atoms with van der Waals surface area (Å²) in [5.41, 5.74) is 0. The molecule has 0 aromatic heterocycles. The van der Waals surface area contributed by atoms with Gasteiger partial charge in [-0.3, -0.25) is 4.90 Å². The van der Waals surface area contributed by atoms with Crippen molar-refractivity contribution in [3.8, 4) is 0 Å². The molecule has 1 aliphatic carbocycles. The van der Waals surface area contributed by atoms with Crippen LogP contribution < -0.4 is 5.32 Å². The smallest absolute Gasteiger partial charge is 0.0223 e. The zero-order valence-corrected chi connectivity index (χ0v) is 12.5. The van der Waals surface area contributed by atoms with E-state index < -0.39 is 0 Å². The summed E-state index contributed by atoms with van der Waals surface area (Å²) in [4.78, 5) is 2.76. The van der Waals surface area contributed by atoms with Gasteiger partial charge in [-0.25, -0.2) is 0 Å². The van der Waals surface area contributed by atoms with Crippen molar-refractivity contribution in [2.24, 2.45) is 11.8 Å². The Kier molecular flexibility index (Phi) is 5.97. The quantitative estimate of drug-likeness (QED) is 0.808. The van der Waals surface area contributed by atoms with E-state index in [0.717, 1.165) is 17.9 Å². The Balaban J connectivity index is 1.81. The lowest BCUT2D eigenvalue weighted by Gasteiger charge is -2.38. The predicted molar refractivity (Wildman–Crippen MR) is 78.9 cm³/mol. The van der Waals surface area contributed by atoms with Crippen LogP contribution in [0, 0.1) is 11.8 Å². The first-order valence-corrected chi connectivity index (χ1v) is 8.18. The van der Waals surface area contributed by atoms with Crippen LogP contribution in [-0.2, 0) is 0 Å². The summed E-state index contributed by atoms with van der Waals surface area (Å²) in [6.45, 7) is 6.29. The topological polar surface area (TPSA) is 15.3 Å². The lowest BCUT2D eigenvalue weighted by atomic mass is 9.79. The molecule has 2 nitrogen and oxygen atoms in total. The van der Waals surface area contributed by atoms with Gasteiger partial charge in [0.15, 0.2) is 0 Å². The fraction of sp³-hybridized carbons (Fsp3) is 1.00. The molecule has 1 N–H and O–H groups in total. The molecule has 106 valence electrons. The average molecular weight is 252 g/mol. The Morgan fingerprint density at radius 2 is 1.72 bits per heavy atom. The molecule has 0 bridgehead atoms. The van der Waals surface area contributed by atoms with Gasteiger partial charge in [-0.1, -0.05) is 39.0 Å². The van der Waals surface area contributed by atoms with Crippen molar-refractivity contribution in [3.05, 3.63) is 0 Å². The summed E-state index contributed by atoms with van der Waals surface area (Å²) < 4.78 is 0. The number of hydrogen-bond acceptors (Lipinski definition) is 2. The van der Waals surface area contributed by atoms with Crippen LogP contribution in [-0.4, -0.2) is 37.6 Å². The molecule has 1 saturated carbocycles. The van der Waals surface area contributed by atoms with Gasteiger partial charge < -0.3 is 5.32 Å². The number of hydrogen-bond donors (Lipinski definition) is 1. The van der Waals surface area contributed by atoms with Crippen molar-refractivity contribution in [3.63, 3.8) is 0 Å². The SMILES string of the molecule is CNCC(CC1CCC(C)CC1)N1CCCCC1. The maximum absolute atomic E-state index is 3.42. The molecule has 1 atom stereocenters. The van der Waals surface area contributed by atoms with Crippen LogP contribution in [0.3, 0.4) is 0 Å². The first-order valence-electron chi connectivity index (χ1n) is 8.18. The third kappa shape index (κ3) is 4.24. The van der Waals surface area contributed by atoms with Gasteiger partial charge in [0.25, 0.3) is 0 Å². The minimum Gasteiger partial charge on any atom is -0.318 e. The van der Waals surface area contributed by atoms with E-state index in [-0.39, 0.29) is 0 Å². The molecule has 0 aromatic carbocycles. The van der Waals surface area contributed by atoms with Crippen LogP contribution in [0.4, 0.5) is 0 Å². The van der Waals surface area contributed by atoms with Crippen molar-refractivity contribution in [1.82, 2.24) is 10.2 Å². The van der Waals surface area contributed by atoms with E-state index >= 15 is 0 Å². The molecule has 0 radical (unpaired) electrons. The molecule has 1 unspecified atom stereocenters. The number of likely N-dealkylation sites (tertiary alicyclic amines) is 1. The highest BCUT2D eigenvalue weighted by Crippen LogP contribution is 2.32. The van der Waals surface area contributed by atoms with E-state index in [4.69, 9.17) is 0 Å². The highest BCUT2D eigenvalue weighted by atomic mass is 15.2. The molecule has 2 heteroatoms. The standard InChI is InChI=1S/C16H32N2/c1-14-6-8-15(9-7-14)12-16(13-17-2)18-10-4-3-5-11-18/h14-17H,3-13H2,1-2H3. The molecular weight excluding hydrogens is 220 g/mol. The van der Waals surface area contributed by atoms with Crippen molar-refractivity contribution < 1.29 is 0 Å². The van der Waals surface area contributed by atoms with Gasteiger partial charge in [0.1, 0.15) is 0 Å². The zero-order valence-electron chi connectivity index (χ0n) is 12.5. The second kappa shape index (κ2) is 7.49. The van der Waals surface area contributed by atoms with Gasteiger partial charge in [0, 0.05) is 12.6 Å². The van der Waals surface area contributed by atoms with E-state index in [1.165, 1.54) is 71.0 Å². The van der Waals surface area contributed by atoms with Gasteiger partial charge in [-0.15, -0.1) is 0 Å². The van der Waals surface area contributed by atoms with E-state index in [0.29, 0.717) is 0 Å². The van der Waals surface area contributed by atoms with Crippen LogP contribution >= 0.6 is 0 Å². The lowest BCUT2D eigenvalue weighted by Crippen LogP contribution is -2.45. The first-order chi connectivity index (χ1) is 8.79. The molecule has 1 saturated heterocycles. The first kappa shape index (κ1) is 14.3. The van der Waals surface area contributed by atoms with Gasteiger partial charge in [0.05, 0.1) is 0 Å². The van der Waals surface area contributed by atoms with Crippen LogP contribution in [0.25, 0.3) is 0 Å². The summed E-state index contributed by atoms with van der Waals surface area (Å²) in [5.74, 6) is 1.99. The third-order valence-corrected chi connectivity index (χ3v) is 5.09. The summed E-state index contributed by atoms with van der Waals surface area (Å²) >= 11 is 0. The summed E-state index contributed by atoms with van der Waals surface area (Å²) in [6, 6.07) is 0.800. The van der Waals surface area contributed by atoms with E-state index in [1.54, 1.807) is 0 Å². The Hall–Kier alpha value is -0.0800. The van der Waals surface area contributed by atoms with Crippen molar-refractivity contribution in [2.45, 2.75) is 64.3 Å². The maximum Gasteiger partial charge on any atom is 0.0223 e. The number of nitrogens with one attached hydrogen (secondary N) is 1. The average Bonchev–Trinajstić information content (AvgIpc) is 2.42. The van der Waals surface area contributed by atoms with Crippen LogP contribution in [0.5, 0.6) is 0 Å². The molecule has 2 rings (SSSR count). The summed E-state index contributed by atoms with van der Waals surface area (Å²) in [5, 5.41) is 3.42. The minimum absolute atomic E-state index is 0.800. The Labute approximate surface area is 114 Å². The van der Waals surface area contributed by atoms with Gasteiger partial charge >= 0.3 is 0 Å². The molecule has 1 heterocycles. The van der Waals surface area contributed by atoms with Crippen molar-refractivity contribution in [2.75, 3.05) is 26.7 Å². The Morgan fingerprint density at radius 3 is 2.33 bits per heavy atom. The van der Waals surface area contributed by atoms with E-state index in [2.05, 4.69) is 24.2 Å². The maximum atomic E-state index is 3.42. The highest BCUT2D eigenvalue weighted by molar-refractivity contribution is 4.81. The van der Waals surface area contributed by atoms with Crippen LogP contribution in [0.2, 0.25) is 0 Å². The van der Waals surface area contributed by atoms with E-state index in [9.17, 15) is 0 Å². The Bertz CT molecular complexity index is 215. The predicted octanol–water partition coefficient (Wildman–Crippen LogP) is 3.28. The zero-order chi connectivity index (χ0) is 12.8. The molecule has 0 aromatic rings. The summed E-state index contributed by atoms with van der Waals surface area (Å²) in [6.07, 6.45) is 11.6. The normalized spacial score (nSPS) is 32.3. The van der Waals surface area contributed by atoms with Crippen LogP contribution in [0.1, 0.15) is 58.3 Å². The highest BCUT2D eigenvalue weighted by Gasteiger charge is 2.25. The molecule has 0 spiro atoms. The van der Waals surface area contributed by atoms with Gasteiger partial charge in [-0.2, -0.15) is 0 Å². The van der Waals surface area contributed by atoms with Gasteiger partial charge in [-0.05, 0) is 51.2 Å². The number of nitrogens with zero attached hydrogens (tertiary/aromatic N) is 1. The summed E-state index contributed by atoms with van der Waals surface area (Å²) in [7, 11) is 2.11. The number of rotatable bonds is 5. The van der Waals surface area contributed by atoms with Crippen molar-refractivity contribution >= 4 is 0 Å². The molecule has 2 aliphatic rings. The molecule has 0 amide bonds. The molecule has 1 aliphatic heterocycles. The van der Waals surface area contributed by atoms with Crippen molar-refractivity contribution in [1.29, 1.82) is 0 Å².